The summed E-state index contributed by atoms with van der Waals surface area (Å²) >= 11 is 0. The third kappa shape index (κ3) is 5.80. The van der Waals surface area contributed by atoms with E-state index in [-0.39, 0.29) is 18.4 Å². The molecule has 1 aromatic carbocycles. The van der Waals surface area contributed by atoms with E-state index in [2.05, 4.69) is 20.4 Å². The molecule has 2 aromatic heterocycles. The van der Waals surface area contributed by atoms with Gasteiger partial charge in [0.2, 0.25) is 5.91 Å². The number of hydrogen-bond acceptors (Lipinski definition) is 5. The van der Waals surface area contributed by atoms with Crippen molar-refractivity contribution in [3.63, 3.8) is 0 Å². The van der Waals surface area contributed by atoms with E-state index in [0.29, 0.717) is 5.76 Å². The summed E-state index contributed by atoms with van der Waals surface area (Å²) in [7, 11) is 0. The molecule has 0 aliphatic carbocycles. The number of carboxylic acid groups (broad SMARTS) is 1. The van der Waals surface area contributed by atoms with Crippen LogP contribution < -0.4 is 5.32 Å². The van der Waals surface area contributed by atoms with Crippen molar-refractivity contribution >= 4 is 22.9 Å². The molecule has 0 aliphatic heterocycles. The summed E-state index contributed by atoms with van der Waals surface area (Å²) in [5, 5.41) is 13.9. The number of halogens is 3. The lowest BCUT2D eigenvalue weighted by Crippen LogP contribution is -2.29. The summed E-state index contributed by atoms with van der Waals surface area (Å²) in [6, 6.07) is 7.59. The highest BCUT2D eigenvalue weighted by molar-refractivity contribution is 5.80. The molecule has 1 atom stereocenters. The van der Waals surface area contributed by atoms with Crippen molar-refractivity contribution in [3.05, 3.63) is 47.1 Å². The van der Waals surface area contributed by atoms with Crippen molar-refractivity contribution in [2.45, 2.75) is 39.4 Å². The normalized spacial score (nSPS) is 12.2. The van der Waals surface area contributed by atoms with Crippen molar-refractivity contribution < 1.29 is 32.4 Å². The molecule has 0 aliphatic rings. The molecule has 1 amide bonds. The standard InChI is InChI=1S/C16H18N4O2.C2HF3O2/c1-9-12(11(3)22-20-9)8-15(21)17-10(2)16-18-13-6-4-5-7-14(13)19-16;3-2(4,5)1(6)7/h4-7,10H,8H2,1-3H3,(H,17,21)(H,18,19);(H,6,7). The molecule has 3 rings (SSSR count). The Morgan fingerprint density at radius 3 is 2.41 bits per heavy atom. The fourth-order valence-corrected chi connectivity index (χ4v) is 2.45. The largest absolute Gasteiger partial charge is 0.490 e. The zero-order valence-electron chi connectivity index (χ0n) is 15.8. The van der Waals surface area contributed by atoms with E-state index >= 15 is 0 Å². The fourth-order valence-electron chi connectivity index (χ4n) is 2.45. The molecule has 29 heavy (non-hydrogen) atoms. The first-order chi connectivity index (χ1) is 13.5. The van der Waals surface area contributed by atoms with Crippen LogP contribution in [0.25, 0.3) is 11.0 Å². The number of para-hydroxylation sites is 2. The van der Waals surface area contributed by atoms with Gasteiger partial charge >= 0.3 is 12.1 Å². The molecule has 0 fully saturated rings. The number of amides is 1. The number of alkyl halides is 3. The Balaban J connectivity index is 0.000000370. The fraction of sp³-hybridized carbons (Fsp3) is 0.333. The highest BCUT2D eigenvalue weighted by Gasteiger charge is 2.38. The lowest BCUT2D eigenvalue weighted by atomic mass is 10.1. The Hall–Kier alpha value is -3.37. The van der Waals surface area contributed by atoms with Crippen LogP contribution in [0.15, 0.2) is 28.8 Å². The Labute approximate surface area is 163 Å². The number of hydrogen-bond donors (Lipinski definition) is 3. The highest BCUT2D eigenvalue weighted by Crippen LogP contribution is 2.17. The number of nitrogens with zero attached hydrogens (tertiary/aromatic N) is 2. The first-order valence-electron chi connectivity index (χ1n) is 8.45. The minimum atomic E-state index is -5.08. The third-order valence-corrected chi connectivity index (χ3v) is 3.96. The second-order valence-electron chi connectivity index (χ2n) is 6.21. The van der Waals surface area contributed by atoms with Gasteiger partial charge in [-0.25, -0.2) is 9.78 Å². The second-order valence-corrected chi connectivity index (χ2v) is 6.21. The molecule has 0 bridgehead atoms. The lowest BCUT2D eigenvalue weighted by Gasteiger charge is -2.11. The average molecular weight is 412 g/mol. The number of benzene rings is 1. The molecule has 0 saturated heterocycles. The van der Waals surface area contributed by atoms with E-state index in [1.54, 1.807) is 0 Å². The van der Waals surface area contributed by atoms with Crippen LogP contribution in [0.2, 0.25) is 0 Å². The van der Waals surface area contributed by atoms with Gasteiger partial charge in [0.1, 0.15) is 11.6 Å². The minimum Gasteiger partial charge on any atom is -0.475 e. The maximum Gasteiger partial charge on any atom is 0.490 e. The first-order valence-corrected chi connectivity index (χ1v) is 8.45. The molecular formula is C18H19F3N4O4. The number of carbonyl (C=O) groups excluding carboxylic acids is 1. The Kier molecular flexibility index (Phi) is 6.62. The average Bonchev–Trinajstić information content (AvgIpc) is 3.20. The number of nitrogens with one attached hydrogen (secondary N) is 2. The first kappa shape index (κ1) is 21.9. The number of fused-ring (bicyclic) bond motifs is 1. The van der Waals surface area contributed by atoms with Crippen molar-refractivity contribution in [1.82, 2.24) is 20.4 Å². The molecule has 11 heteroatoms. The van der Waals surface area contributed by atoms with Gasteiger partial charge in [-0.2, -0.15) is 13.2 Å². The topological polar surface area (TPSA) is 121 Å². The summed E-state index contributed by atoms with van der Waals surface area (Å²) in [5.41, 5.74) is 3.45. The number of rotatable bonds is 4. The van der Waals surface area contributed by atoms with E-state index in [9.17, 15) is 18.0 Å². The second kappa shape index (κ2) is 8.76. The predicted octanol–water partition coefficient (Wildman–Crippen LogP) is 3.22. The molecule has 3 aromatic rings. The molecule has 0 radical (unpaired) electrons. The van der Waals surface area contributed by atoms with Gasteiger partial charge in [0.25, 0.3) is 0 Å². The van der Waals surface area contributed by atoms with Crippen LogP contribution >= 0.6 is 0 Å². The number of aliphatic carboxylic acids is 1. The van der Waals surface area contributed by atoms with E-state index in [0.717, 1.165) is 28.1 Å². The monoisotopic (exact) mass is 412 g/mol. The van der Waals surface area contributed by atoms with Crippen LogP contribution in [-0.2, 0) is 16.0 Å². The van der Waals surface area contributed by atoms with Gasteiger partial charge in [0, 0.05) is 5.56 Å². The van der Waals surface area contributed by atoms with Crippen LogP contribution in [0.3, 0.4) is 0 Å². The van der Waals surface area contributed by atoms with Gasteiger partial charge in [0.15, 0.2) is 0 Å². The molecule has 0 saturated carbocycles. The Morgan fingerprint density at radius 2 is 1.90 bits per heavy atom. The van der Waals surface area contributed by atoms with Crippen LogP contribution in [0.1, 0.15) is 35.8 Å². The van der Waals surface area contributed by atoms with Gasteiger partial charge in [-0.15, -0.1) is 0 Å². The zero-order valence-corrected chi connectivity index (χ0v) is 15.8. The van der Waals surface area contributed by atoms with Gasteiger partial charge in [-0.3, -0.25) is 4.79 Å². The van der Waals surface area contributed by atoms with Crippen LogP contribution in [0.4, 0.5) is 13.2 Å². The molecule has 1 unspecified atom stereocenters. The number of aryl methyl sites for hydroxylation is 2. The van der Waals surface area contributed by atoms with E-state index in [1.807, 2.05) is 45.0 Å². The van der Waals surface area contributed by atoms with E-state index in [4.69, 9.17) is 14.4 Å². The molecule has 3 N–H and O–H groups in total. The number of H-pyrrole nitrogens is 1. The zero-order chi connectivity index (χ0) is 21.8. The number of carboxylic acids is 1. The minimum absolute atomic E-state index is 0.0812. The van der Waals surface area contributed by atoms with Crippen LogP contribution in [0.5, 0.6) is 0 Å². The summed E-state index contributed by atoms with van der Waals surface area (Å²) < 4.78 is 36.8. The molecule has 8 nitrogen and oxygen atoms in total. The number of aromatic amines is 1. The third-order valence-electron chi connectivity index (χ3n) is 3.96. The highest BCUT2D eigenvalue weighted by atomic mass is 19.4. The summed E-state index contributed by atoms with van der Waals surface area (Å²) in [6.07, 6.45) is -4.83. The van der Waals surface area contributed by atoms with Crippen molar-refractivity contribution in [2.24, 2.45) is 0 Å². The van der Waals surface area contributed by atoms with Crippen molar-refractivity contribution in [2.75, 3.05) is 0 Å². The SMILES string of the molecule is Cc1noc(C)c1CC(=O)NC(C)c1nc2ccccc2[nH]1.O=C(O)C(F)(F)F. The number of imidazole rings is 1. The van der Waals surface area contributed by atoms with Gasteiger partial charge in [-0.1, -0.05) is 17.3 Å². The maximum atomic E-state index is 12.2. The number of aromatic nitrogens is 3. The Morgan fingerprint density at radius 1 is 1.28 bits per heavy atom. The molecule has 0 spiro atoms. The number of carbonyl (C=O) groups is 2. The van der Waals surface area contributed by atoms with Crippen LogP contribution in [-0.4, -0.2) is 38.3 Å². The lowest BCUT2D eigenvalue weighted by molar-refractivity contribution is -0.192. The van der Waals surface area contributed by atoms with Gasteiger partial charge in [0.05, 0.1) is 29.2 Å². The Bertz CT molecular complexity index is 958. The summed E-state index contributed by atoms with van der Waals surface area (Å²) in [4.78, 5) is 28.8. The summed E-state index contributed by atoms with van der Waals surface area (Å²) in [5.74, 6) is -1.41. The van der Waals surface area contributed by atoms with Crippen molar-refractivity contribution in [3.8, 4) is 0 Å². The van der Waals surface area contributed by atoms with E-state index in [1.165, 1.54) is 0 Å². The molecule has 156 valence electrons. The molecular weight excluding hydrogens is 393 g/mol. The van der Waals surface area contributed by atoms with Crippen LogP contribution in [0, 0.1) is 13.8 Å². The van der Waals surface area contributed by atoms with Crippen molar-refractivity contribution in [1.29, 1.82) is 0 Å². The molecule has 2 heterocycles. The maximum absolute atomic E-state index is 12.2. The smallest absolute Gasteiger partial charge is 0.475 e. The predicted molar refractivity (Wildman–Crippen MR) is 96.0 cm³/mol. The van der Waals surface area contributed by atoms with Gasteiger partial charge < -0.3 is 19.9 Å². The quantitative estimate of drug-likeness (QED) is 0.605. The van der Waals surface area contributed by atoms with E-state index < -0.39 is 12.1 Å². The summed E-state index contributed by atoms with van der Waals surface area (Å²) in [6.45, 7) is 5.55. The van der Waals surface area contributed by atoms with Gasteiger partial charge in [-0.05, 0) is 32.9 Å².